The number of nitrogens with zero attached hydrogens (tertiary/aromatic N) is 5. The second-order valence-electron chi connectivity index (χ2n) is 4.74. The summed E-state index contributed by atoms with van der Waals surface area (Å²) in [4.78, 5) is 9.17. The summed E-state index contributed by atoms with van der Waals surface area (Å²) in [5.41, 5.74) is 1.77. The fourth-order valence-corrected chi connectivity index (χ4v) is 2.25. The van der Waals surface area contributed by atoms with E-state index in [2.05, 4.69) is 32.0 Å². The number of hydrogen-bond donors (Lipinski definition) is 0. The third-order valence-corrected chi connectivity index (χ3v) is 3.35. The van der Waals surface area contributed by atoms with Crippen molar-refractivity contribution >= 4 is 17.0 Å². The standard InChI is InChI=1S/C13H17N5/c1-17-7-4-8-18(10-9-17)13-14-11-5-2-3-6-12(11)15-16-13/h2-3,5-6H,4,7-10H2,1H3. The van der Waals surface area contributed by atoms with Crippen molar-refractivity contribution in [1.82, 2.24) is 20.1 Å². The first-order valence-corrected chi connectivity index (χ1v) is 6.36. The summed E-state index contributed by atoms with van der Waals surface area (Å²) in [6, 6.07) is 7.86. The van der Waals surface area contributed by atoms with Crippen LogP contribution in [0, 0.1) is 0 Å². The minimum Gasteiger partial charge on any atom is -0.338 e. The zero-order valence-electron chi connectivity index (χ0n) is 10.6. The molecule has 18 heavy (non-hydrogen) atoms. The van der Waals surface area contributed by atoms with Gasteiger partial charge in [0.05, 0.1) is 5.52 Å². The van der Waals surface area contributed by atoms with E-state index in [1.54, 1.807) is 0 Å². The van der Waals surface area contributed by atoms with Crippen molar-refractivity contribution in [2.75, 3.05) is 38.1 Å². The molecular formula is C13H17N5. The van der Waals surface area contributed by atoms with Crippen LogP contribution in [0.5, 0.6) is 0 Å². The van der Waals surface area contributed by atoms with Crippen LogP contribution in [0.1, 0.15) is 6.42 Å². The van der Waals surface area contributed by atoms with Gasteiger partial charge < -0.3 is 9.80 Å². The number of anilines is 1. The normalized spacial score (nSPS) is 17.9. The molecule has 0 amide bonds. The lowest BCUT2D eigenvalue weighted by molar-refractivity contribution is 0.360. The second-order valence-corrected chi connectivity index (χ2v) is 4.74. The largest absolute Gasteiger partial charge is 0.338 e. The van der Waals surface area contributed by atoms with Crippen molar-refractivity contribution < 1.29 is 0 Å². The van der Waals surface area contributed by atoms with Gasteiger partial charge in [-0.15, -0.1) is 10.2 Å². The molecule has 0 saturated carbocycles. The molecule has 5 heteroatoms. The average molecular weight is 243 g/mol. The lowest BCUT2D eigenvalue weighted by Gasteiger charge is -2.19. The highest BCUT2D eigenvalue weighted by Crippen LogP contribution is 2.14. The molecule has 0 radical (unpaired) electrons. The maximum atomic E-state index is 4.60. The average Bonchev–Trinajstić information content (AvgIpc) is 2.63. The van der Waals surface area contributed by atoms with E-state index >= 15 is 0 Å². The van der Waals surface area contributed by atoms with Crippen LogP contribution in [0.15, 0.2) is 24.3 Å². The highest BCUT2D eigenvalue weighted by Gasteiger charge is 2.15. The first-order valence-electron chi connectivity index (χ1n) is 6.36. The quantitative estimate of drug-likeness (QED) is 0.752. The molecule has 1 aromatic carbocycles. The molecule has 2 heterocycles. The molecule has 1 saturated heterocycles. The van der Waals surface area contributed by atoms with Gasteiger partial charge in [-0.25, -0.2) is 4.98 Å². The summed E-state index contributed by atoms with van der Waals surface area (Å²) in [6.07, 6.45) is 1.15. The van der Waals surface area contributed by atoms with Crippen molar-refractivity contribution in [2.24, 2.45) is 0 Å². The third-order valence-electron chi connectivity index (χ3n) is 3.35. The van der Waals surface area contributed by atoms with Crippen LogP contribution in [-0.4, -0.2) is 53.3 Å². The van der Waals surface area contributed by atoms with E-state index < -0.39 is 0 Å². The number of rotatable bonds is 1. The molecular weight excluding hydrogens is 226 g/mol. The summed E-state index contributed by atoms with van der Waals surface area (Å²) in [7, 11) is 2.16. The molecule has 1 aromatic heterocycles. The van der Waals surface area contributed by atoms with Gasteiger partial charge in [0.2, 0.25) is 5.95 Å². The molecule has 1 aliphatic rings. The summed E-state index contributed by atoms with van der Waals surface area (Å²) in [5.74, 6) is 0.754. The van der Waals surface area contributed by atoms with Gasteiger partial charge in [-0.05, 0) is 32.1 Å². The van der Waals surface area contributed by atoms with Crippen LogP contribution in [0.3, 0.4) is 0 Å². The first kappa shape index (κ1) is 11.3. The molecule has 0 bridgehead atoms. The van der Waals surface area contributed by atoms with Gasteiger partial charge in [0, 0.05) is 19.6 Å². The van der Waals surface area contributed by atoms with E-state index in [9.17, 15) is 0 Å². The smallest absolute Gasteiger partial charge is 0.245 e. The van der Waals surface area contributed by atoms with Gasteiger partial charge in [0.25, 0.3) is 0 Å². The number of para-hydroxylation sites is 1. The van der Waals surface area contributed by atoms with Gasteiger partial charge in [0.15, 0.2) is 0 Å². The highest BCUT2D eigenvalue weighted by atomic mass is 15.3. The van der Waals surface area contributed by atoms with Crippen LogP contribution >= 0.6 is 0 Å². The van der Waals surface area contributed by atoms with Crippen LogP contribution in [0.25, 0.3) is 11.0 Å². The number of hydrogen-bond acceptors (Lipinski definition) is 5. The Hall–Kier alpha value is -1.75. The van der Waals surface area contributed by atoms with Crippen LogP contribution in [0.4, 0.5) is 5.95 Å². The Morgan fingerprint density at radius 2 is 1.78 bits per heavy atom. The molecule has 0 spiro atoms. The van der Waals surface area contributed by atoms with Gasteiger partial charge in [-0.3, -0.25) is 0 Å². The Morgan fingerprint density at radius 1 is 0.944 bits per heavy atom. The fourth-order valence-electron chi connectivity index (χ4n) is 2.25. The summed E-state index contributed by atoms with van der Waals surface area (Å²) in [5, 5.41) is 8.48. The van der Waals surface area contributed by atoms with E-state index in [-0.39, 0.29) is 0 Å². The molecule has 0 atom stereocenters. The minimum absolute atomic E-state index is 0.754. The maximum absolute atomic E-state index is 4.60. The zero-order chi connectivity index (χ0) is 12.4. The lowest BCUT2D eigenvalue weighted by Crippen LogP contribution is -2.30. The SMILES string of the molecule is CN1CCCN(c2nnc3ccccc3n2)CC1. The second kappa shape index (κ2) is 4.86. The van der Waals surface area contributed by atoms with Crippen molar-refractivity contribution in [2.45, 2.75) is 6.42 Å². The molecule has 5 nitrogen and oxygen atoms in total. The predicted octanol–water partition coefficient (Wildman–Crippen LogP) is 1.17. The van der Waals surface area contributed by atoms with Crippen molar-refractivity contribution in [3.8, 4) is 0 Å². The molecule has 1 fully saturated rings. The van der Waals surface area contributed by atoms with Gasteiger partial charge >= 0.3 is 0 Å². The Kier molecular flexibility index (Phi) is 3.06. The number of likely N-dealkylation sites (N-methyl/N-ethyl adjacent to an activating group) is 1. The number of benzene rings is 1. The Bertz CT molecular complexity index is 542. The van der Waals surface area contributed by atoms with Crippen LogP contribution in [0.2, 0.25) is 0 Å². The molecule has 0 N–H and O–H groups in total. The number of aromatic nitrogens is 3. The minimum atomic E-state index is 0.754. The maximum Gasteiger partial charge on any atom is 0.245 e. The Balaban J connectivity index is 1.89. The molecule has 2 aromatic rings. The summed E-state index contributed by atoms with van der Waals surface area (Å²) < 4.78 is 0. The van der Waals surface area contributed by atoms with Gasteiger partial charge in [-0.2, -0.15) is 0 Å². The predicted molar refractivity (Wildman–Crippen MR) is 71.7 cm³/mol. The lowest BCUT2D eigenvalue weighted by atomic mass is 10.3. The van der Waals surface area contributed by atoms with Crippen molar-refractivity contribution in [3.05, 3.63) is 24.3 Å². The summed E-state index contributed by atoms with van der Waals surface area (Å²) in [6.45, 7) is 4.16. The molecule has 3 rings (SSSR count). The highest BCUT2D eigenvalue weighted by molar-refractivity contribution is 5.74. The first-order chi connectivity index (χ1) is 8.83. The number of fused-ring (bicyclic) bond motifs is 1. The molecule has 94 valence electrons. The van der Waals surface area contributed by atoms with Crippen molar-refractivity contribution in [3.63, 3.8) is 0 Å². The molecule has 0 aliphatic carbocycles. The van der Waals surface area contributed by atoms with E-state index in [1.807, 2.05) is 24.3 Å². The van der Waals surface area contributed by atoms with Gasteiger partial charge in [-0.1, -0.05) is 12.1 Å². The van der Waals surface area contributed by atoms with E-state index in [4.69, 9.17) is 0 Å². The third kappa shape index (κ3) is 2.26. The van der Waals surface area contributed by atoms with E-state index in [0.717, 1.165) is 49.6 Å². The summed E-state index contributed by atoms with van der Waals surface area (Å²) >= 11 is 0. The molecule has 0 unspecified atom stereocenters. The molecule has 1 aliphatic heterocycles. The van der Waals surface area contributed by atoms with E-state index in [1.165, 1.54) is 0 Å². The van der Waals surface area contributed by atoms with Crippen LogP contribution in [-0.2, 0) is 0 Å². The zero-order valence-corrected chi connectivity index (χ0v) is 10.6. The van der Waals surface area contributed by atoms with Crippen molar-refractivity contribution in [1.29, 1.82) is 0 Å². The topological polar surface area (TPSA) is 45.2 Å². The van der Waals surface area contributed by atoms with E-state index in [0.29, 0.717) is 0 Å². The Labute approximate surface area is 106 Å². The van der Waals surface area contributed by atoms with Crippen LogP contribution < -0.4 is 4.90 Å². The Morgan fingerprint density at radius 3 is 2.67 bits per heavy atom. The van der Waals surface area contributed by atoms with Gasteiger partial charge in [0.1, 0.15) is 5.52 Å². The monoisotopic (exact) mass is 243 g/mol. The fraction of sp³-hybridized carbons (Fsp3) is 0.462.